The fraction of sp³-hybridized carbons (Fsp3) is 0.846. The molecule has 0 unspecified atom stereocenters. The molecule has 1 aliphatic rings. The highest BCUT2D eigenvalue weighted by Crippen LogP contribution is 2.07. The first-order chi connectivity index (χ1) is 8.71. The lowest BCUT2D eigenvalue weighted by Gasteiger charge is -2.38. The second-order valence-corrected chi connectivity index (χ2v) is 6.23. The number of hydrogen-bond donors (Lipinski definition) is 1. The largest absolute Gasteiger partial charge is 0.365 e. The summed E-state index contributed by atoms with van der Waals surface area (Å²) in [7, 11) is 3.71. The molecule has 6 heteroatoms. The molecule has 1 fully saturated rings. The van der Waals surface area contributed by atoms with E-state index >= 15 is 0 Å². The number of likely N-dealkylation sites (N-methyl/N-ethyl adjacent to an activating group) is 1. The van der Waals surface area contributed by atoms with Gasteiger partial charge in [-0.1, -0.05) is 0 Å². The topological polar surface area (TPSA) is 66.6 Å². The summed E-state index contributed by atoms with van der Waals surface area (Å²) in [5.41, 5.74) is 5.20. The molecular weight excluding hydrogens is 244 g/mol. The van der Waals surface area contributed by atoms with Crippen molar-refractivity contribution in [3.05, 3.63) is 0 Å². The lowest BCUT2D eigenvalue weighted by atomic mass is 10.2. The van der Waals surface area contributed by atoms with Crippen LogP contribution in [0.15, 0.2) is 0 Å². The molecule has 2 N–H and O–H groups in total. The minimum atomic E-state index is -0.373. The van der Waals surface area contributed by atoms with Crippen molar-refractivity contribution < 1.29 is 14.1 Å². The Kier molecular flexibility index (Phi) is 5.31. The number of rotatable bonds is 5. The van der Waals surface area contributed by atoms with Crippen LogP contribution in [0.4, 0.5) is 0 Å². The minimum Gasteiger partial charge on any atom is -0.365 e. The number of carbonyl (C=O) groups is 2. The third kappa shape index (κ3) is 5.16. The van der Waals surface area contributed by atoms with Gasteiger partial charge in [-0.05, 0) is 13.8 Å². The van der Waals surface area contributed by atoms with Gasteiger partial charge in [0.1, 0.15) is 0 Å². The molecule has 110 valence electrons. The van der Waals surface area contributed by atoms with Gasteiger partial charge >= 0.3 is 0 Å². The highest BCUT2D eigenvalue weighted by molar-refractivity contribution is 5.78. The van der Waals surface area contributed by atoms with E-state index in [0.717, 1.165) is 26.2 Å². The number of nitrogens with two attached hydrogens (primary N) is 1. The molecule has 0 spiro atoms. The van der Waals surface area contributed by atoms with Crippen molar-refractivity contribution in [2.45, 2.75) is 19.9 Å². The molecule has 0 aromatic carbocycles. The summed E-state index contributed by atoms with van der Waals surface area (Å²) < 4.78 is 0.318. The van der Waals surface area contributed by atoms with E-state index in [0.29, 0.717) is 17.1 Å². The van der Waals surface area contributed by atoms with Crippen LogP contribution in [0, 0.1) is 0 Å². The van der Waals surface area contributed by atoms with Gasteiger partial charge in [-0.3, -0.25) is 14.5 Å². The third-order valence-electron chi connectivity index (χ3n) is 3.54. The molecule has 0 saturated carbocycles. The van der Waals surface area contributed by atoms with Crippen molar-refractivity contribution >= 4 is 11.8 Å². The van der Waals surface area contributed by atoms with Crippen molar-refractivity contribution in [2.24, 2.45) is 5.73 Å². The Morgan fingerprint density at radius 2 is 1.63 bits per heavy atom. The van der Waals surface area contributed by atoms with E-state index < -0.39 is 0 Å². The first-order valence-electron chi connectivity index (χ1n) is 6.83. The second-order valence-electron chi connectivity index (χ2n) is 6.23. The summed E-state index contributed by atoms with van der Waals surface area (Å²) in [5, 5.41) is 0. The predicted molar refractivity (Wildman–Crippen MR) is 74.3 cm³/mol. The van der Waals surface area contributed by atoms with Crippen LogP contribution in [0.3, 0.4) is 0 Å². The van der Waals surface area contributed by atoms with Crippen LogP contribution in [0.1, 0.15) is 13.8 Å². The van der Waals surface area contributed by atoms with Gasteiger partial charge in [0.05, 0.1) is 14.1 Å². The summed E-state index contributed by atoms with van der Waals surface area (Å²) in [6.07, 6.45) is 0. The molecule has 6 nitrogen and oxygen atoms in total. The first kappa shape index (κ1) is 15.9. The van der Waals surface area contributed by atoms with Crippen molar-refractivity contribution in [1.82, 2.24) is 9.80 Å². The maximum atomic E-state index is 12.2. The minimum absolute atomic E-state index is 0.106. The lowest BCUT2D eigenvalue weighted by Crippen LogP contribution is -2.56. The third-order valence-corrected chi connectivity index (χ3v) is 3.54. The molecule has 0 aromatic rings. The second kappa shape index (κ2) is 6.34. The van der Waals surface area contributed by atoms with Gasteiger partial charge in [-0.25, -0.2) is 0 Å². The maximum absolute atomic E-state index is 12.2. The van der Waals surface area contributed by atoms with Crippen LogP contribution in [-0.4, -0.2) is 85.5 Å². The summed E-state index contributed by atoms with van der Waals surface area (Å²) in [4.78, 5) is 27.4. The normalized spacial score (nSPS) is 17.8. The molecule has 0 atom stereocenters. The Balaban J connectivity index is 2.45. The molecular formula is C13H27N4O2+. The number of hydrogen-bond acceptors (Lipinski definition) is 3. The van der Waals surface area contributed by atoms with Gasteiger partial charge in [-0.2, -0.15) is 0 Å². The van der Waals surface area contributed by atoms with E-state index in [4.69, 9.17) is 5.73 Å². The van der Waals surface area contributed by atoms with E-state index in [-0.39, 0.29) is 18.4 Å². The zero-order chi connectivity index (χ0) is 14.6. The molecule has 2 amide bonds. The Bertz CT molecular complexity index is 334. The number of nitrogens with zero attached hydrogens (tertiary/aromatic N) is 3. The molecule has 0 bridgehead atoms. The Morgan fingerprint density at radius 1 is 1.11 bits per heavy atom. The zero-order valence-corrected chi connectivity index (χ0v) is 12.6. The summed E-state index contributed by atoms with van der Waals surface area (Å²) in [6.45, 7) is 8.25. The number of quaternary nitrogens is 1. The molecule has 19 heavy (non-hydrogen) atoms. The van der Waals surface area contributed by atoms with Gasteiger partial charge in [0.2, 0.25) is 0 Å². The number of primary amides is 1. The number of amides is 2. The predicted octanol–water partition coefficient (Wildman–Crippen LogP) is -0.899. The Hall–Kier alpha value is -1.14. The average molecular weight is 271 g/mol. The molecule has 1 aliphatic heterocycles. The molecule has 1 saturated heterocycles. The molecule has 0 aliphatic carbocycles. The average Bonchev–Trinajstić information content (AvgIpc) is 2.26. The quantitative estimate of drug-likeness (QED) is 0.659. The summed E-state index contributed by atoms with van der Waals surface area (Å²) >= 11 is 0. The van der Waals surface area contributed by atoms with Crippen LogP contribution in [-0.2, 0) is 9.59 Å². The van der Waals surface area contributed by atoms with Gasteiger partial charge in [0.25, 0.3) is 11.8 Å². The summed E-state index contributed by atoms with van der Waals surface area (Å²) in [6, 6.07) is 0.527. The summed E-state index contributed by atoms with van der Waals surface area (Å²) in [5.74, 6) is -0.267. The van der Waals surface area contributed by atoms with Crippen LogP contribution in [0.2, 0.25) is 0 Å². The van der Waals surface area contributed by atoms with E-state index in [1.165, 1.54) is 0 Å². The van der Waals surface area contributed by atoms with Crippen LogP contribution >= 0.6 is 0 Å². The van der Waals surface area contributed by atoms with Gasteiger partial charge in [0, 0.05) is 32.2 Å². The van der Waals surface area contributed by atoms with Crippen molar-refractivity contribution in [2.75, 3.05) is 53.4 Å². The smallest absolute Gasteiger partial charge is 0.277 e. The Morgan fingerprint density at radius 3 is 2.05 bits per heavy atom. The van der Waals surface area contributed by atoms with Crippen molar-refractivity contribution in [3.8, 4) is 0 Å². The monoisotopic (exact) mass is 271 g/mol. The molecule has 1 heterocycles. The van der Waals surface area contributed by atoms with Crippen LogP contribution < -0.4 is 5.73 Å². The molecule has 0 radical (unpaired) electrons. The number of carbonyl (C=O) groups excluding carboxylic acids is 2. The molecule has 0 aromatic heterocycles. The SMILES string of the molecule is CC(C)N1CCN(C(=O)C[N+](C)(C)CC(N)=O)CC1. The van der Waals surface area contributed by atoms with Crippen LogP contribution in [0.25, 0.3) is 0 Å². The zero-order valence-electron chi connectivity index (χ0n) is 12.6. The van der Waals surface area contributed by atoms with Crippen molar-refractivity contribution in [3.63, 3.8) is 0 Å². The van der Waals surface area contributed by atoms with Crippen molar-refractivity contribution in [1.29, 1.82) is 0 Å². The standard InChI is InChI=1S/C13H26N4O2/c1-11(2)15-5-7-16(8-6-15)13(19)10-17(3,4)9-12(14)18/h11H,5-10H2,1-4H3,(H-,14,18)/p+1. The highest BCUT2D eigenvalue weighted by atomic mass is 16.2. The fourth-order valence-corrected chi connectivity index (χ4v) is 2.43. The van der Waals surface area contributed by atoms with E-state index in [2.05, 4.69) is 18.7 Å². The number of piperazine rings is 1. The maximum Gasteiger partial charge on any atom is 0.277 e. The highest BCUT2D eigenvalue weighted by Gasteiger charge is 2.28. The van der Waals surface area contributed by atoms with Crippen LogP contribution in [0.5, 0.6) is 0 Å². The van der Waals surface area contributed by atoms with Gasteiger partial charge in [-0.15, -0.1) is 0 Å². The van der Waals surface area contributed by atoms with E-state index in [1.54, 1.807) is 0 Å². The Labute approximate surface area is 115 Å². The van der Waals surface area contributed by atoms with Gasteiger partial charge in [0.15, 0.2) is 13.1 Å². The van der Waals surface area contributed by atoms with E-state index in [1.807, 2.05) is 19.0 Å². The first-order valence-corrected chi connectivity index (χ1v) is 6.83. The lowest BCUT2D eigenvalue weighted by molar-refractivity contribution is -0.874. The fourth-order valence-electron chi connectivity index (χ4n) is 2.43. The molecule has 1 rings (SSSR count). The van der Waals surface area contributed by atoms with Gasteiger partial charge < -0.3 is 15.1 Å². The van der Waals surface area contributed by atoms with E-state index in [9.17, 15) is 9.59 Å².